The van der Waals surface area contributed by atoms with Crippen molar-refractivity contribution in [2.24, 2.45) is 0 Å². The summed E-state index contributed by atoms with van der Waals surface area (Å²) in [6, 6.07) is 16.7. The van der Waals surface area contributed by atoms with Crippen molar-refractivity contribution in [1.29, 1.82) is 0 Å². The van der Waals surface area contributed by atoms with Crippen LogP contribution in [0.2, 0.25) is 0 Å². The molecule has 0 saturated heterocycles. The Morgan fingerprint density at radius 1 is 1.04 bits per heavy atom. The van der Waals surface area contributed by atoms with E-state index in [1.165, 1.54) is 11.1 Å². The van der Waals surface area contributed by atoms with E-state index < -0.39 is 0 Å². The lowest BCUT2D eigenvalue weighted by Gasteiger charge is -2.18. The molecular weight excluding hydrogens is 306 g/mol. The first-order chi connectivity index (χ1) is 11.8. The normalized spacial score (nSPS) is 13.0. The van der Waals surface area contributed by atoms with Crippen LogP contribution in [0.15, 0.2) is 54.6 Å². The number of hydrogen-bond acceptors (Lipinski definition) is 1. The van der Waals surface area contributed by atoms with Crippen LogP contribution in [0.5, 0.6) is 0 Å². The summed E-state index contributed by atoms with van der Waals surface area (Å²) in [5.74, 6) is -0.0769. The Hall–Kier alpha value is -2.35. The molecular formula is C23H29NO. The van der Waals surface area contributed by atoms with E-state index in [4.69, 9.17) is 0 Å². The molecule has 0 aliphatic carbocycles. The first kappa shape index (κ1) is 19.0. The molecule has 2 aromatic carbocycles. The number of amides is 1. The number of benzene rings is 2. The average Bonchev–Trinajstić information content (AvgIpc) is 2.59. The molecule has 1 amide bonds. The Bertz CT molecular complexity index is 718. The second-order valence-corrected chi connectivity index (χ2v) is 7.53. The summed E-state index contributed by atoms with van der Waals surface area (Å²) < 4.78 is 0. The zero-order chi connectivity index (χ0) is 18.4. The van der Waals surface area contributed by atoms with Gasteiger partial charge in [-0.05, 0) is 47.1 Å². The summed E-state index contributed by atoms with van der Waals surface area (Å²) in [5, 5.41) is 3.01. The fraction of sp³-hybridized carbons (Fsp3) is 0.348. The fourth-order valence-corrected chi connectivity index (χ4v) is 2.65. The number of carbonyl (C=O) groups is 1. The quantitative estimate of drug-likeness (QED) is 0.725. The highest BCUT2D eigenvalue weighted by Gasteiger charge is 2.12. The Labute approximate surface area is 152 Å². The van der Waals surface area contributed by atoms with Gasteiger partial charge in [0.05, 0.1) is 6.04 Å². The molecule has 0 heterocycles. The molecule has 0 radical (unpaired) electrons. The minimum Gasteiger partial charge on any atom is -0.346 e. The van der Waals surface area contributed by atoms with Crippen molar-refractivity contribution in [2.75, 3.05) is 0 Å². The Balaban J connectivity index is 1.95. The number of hydrogen-bond donors (Lipinski definition) is 1. The van der Waals surface area contributed by atoms with Crippen molar-refractivity contribution in [2.45, 2.75) is 52.5 Å². The van der Waals surface area contributed by atoms with Gasteiger partial charge in [-0.1, -0.05) is 76.2 Å². The second-order valence-electron chi connectivity index (χ2n) is 7.53. The molecule has 2 heteroatoms. The molecule has 0 aromatic heterocycles. The van der Waals surface area contributed by atoms with Crippen molar-refractivity contribution in [3.05, 3.63) is 76.9 Å². The van der Waals surface area contributed by atoms with Gasteiger partial charge < -0.3 is 5.32 Å². The van der Waals surface area contributed by atoms with E-state index in [-0.39, 0.29) is 17.4 Å². The zero-order valence-corrected chi connectivity index (χ0v) is 16.0. The van der Waals surface area contributed by atoms with Crippen LogP contribution in [0.25, 0.3) is 6.08 Å². The van der Waals surface area contributed by atoms with Gasteiger partial charge in [0, 0.05) is 6.08 Å². The summed E-state index contributed by atoms with van der Waals surface area (Å²) in [6.07, 6.45) is 4.48. The highest BCUT2D eigenvalue weighted by molar-refractivity contribution is 5.91. The van der Waals surface area contributed by atoms with Crippen molar-refractivity contribution < 1.29 is 4.79 Å². The zero-order valence-electron chi connectivity index (χ0n) is 16.0. The van der Waals surface area contributed by atoms with Crippen LogP contribution in [-0.4, -0.2) is 5.91 Å². The minimum atomic E-state index is -0.0769. The summed E-state index contributed by atoms with van der Waals surface area (Å²) in [5.41, 5.74) is 4.89. The maximum absolute atomic E-state index is 12.2. The van der Waals surface area contributed by atoms with Gasteiger partial charge in [0.1, 0.15) is 0 Å². The van der Waals surface area contributed by atoms with Gasteiger partial charge >= 0.3 is 0 Å². The van der Waals surface area contributed by atoms with Crippen LogP contribution in [0, 0.1) is 0 Å². The minimum absolute atomic E-state index is 0.00803. The average molecular weight is 335 g/mol. The van der Waals surface area contributed by atoms with E-state index in [1.807, 2.05) is 13.0 Å². The van der Waals surface area contributed by atoms with E-state index in [0.717, 1.165) is 17.5 Å². The second kappa shape index (κ2) is 8.15. The van der Waals surface area contributed by atoms with Crippen LogP contribution in [-0.2, 0) is 16.6 Å². The predicted molar refractivity (Wildman–Crippen MR) is 107 cm³/mol. The molecule has 0 saturated carbocycles. The van der Waals surface area contributed by atoms with E-state index in [0.29, 0.717) is 0 Å². The van der Waals surface area contributed by atoms with Gasteiger partial charge in [0.2, 0.25) is 5.91 Å². The van der Waals surface area contributed by atoms with Gasteiger partial charge in [0.15, 0.2) is 0 Å². The summed E-state index contributed by atoms with van der Waals surface area (Å²) in [7, 11) is 0. The molecule has 0 aliphatic heterocycles. The molecule has 2 aromatic rings. The lowest BCUT2D eigenvalue weighted by atomic mass is 9.87. The number of rotatable bonds is 5. The maximum atomic E-state index is 12.2. The molecule has 0 spiro atoms. The monoisotopic (exact) mass is 335 g/mol. The van der Waals surface area contributed by atoms with Crippen LogP contribution in [0.1, 0.15) is 62.9 Å². The number of nitrogens with one attached hydrogen (secondary N) is 1. The largest absolute Gasteiger partial charge is 0.346 e. The summed E-state index contributed by atoms with van der Waals surface area (Å²) >= 11 is 0. The van der Waals surface area contributed by atoms with Crippen molar-refractivity contribution in [3.8, 4) is 0 Å². The van der Waals surface area contributed by atoms with E-state index >= 15 is 0 Å². The van der Waals surface area contributed by atoms with Gasteiger partial charge in [-0.15, -0.1) is 0 Å². The van der Waals surface area contributed by atoms with Crippen molar-refractivity contribution >= 4 is 12.0 Å². The number of aryl methyl sites for hydroxylation is 1. The predicted octanol–water partition coefficient (Wildman–Crippen LogP) is 5.44. The summed E-state index contributed by atoms with van der Waals surface area (Å²) in [6.45, 7) is 10.7. The van der Waals surface area contributed by atoms with Crippen LogP contribution in [0.3, 0.4) is 0 Å². The SMILES string of the molecule is CCc1ccc([C@H](C)NC(=O)/C=C/c2ccc(C(C)(C)C)cc2)cc1. The molecule has 2 rings (SSSR count). The Morgan fingerprint density at radius 3 is 2.16 bits per heavy atom. The van der Waals surface area contributed by atoms with Gasteiger partial charge in [-0.2, -0.15) is 0 Å². The fourth-order valence-electron chi connectivity index (χ4n) is 2.65. The molecule has 0 bridgehead atoms. The Morgan fingerprint density at radius 2 is 1.64 bits per heavy atom. The molecule has 0 fully saturated rings. The summed E-state index contributed by atoms with van der Waals surface area (Å²) in [4.78, 5) is 12.2. The lowest BCUT2D eigenvalue weighted by Crippen LogP contribution is -2.24. The third-order valence-electron chi connectivity index (χ3n) is 4.45. The number of carbonyl (C=O) groups excluding carboxylic acids is 1. The third-order valence-corrected chi connectivity index (χ3v) is 4.45. The molecule has 0 aliphatic rings. The molecule has 1 atom stereocenters. The molecule has 25 heavy (non-hydrogen) atoms. The van der Waals surface area contributed by atoms with Crippen LogP contribution >= 0.6 is 0 Å². The van der Waals surface area contributed by atoms with E-state index in [9.17, 15) is 4.79 Å². The van der Waals surface area contributed by atoms with E-state index in [2.05, 4.69) is 81.5 Å². The highest BCUT2D eigenvalue weighted by atomic mass is 16.1. The van der Waals surface area contributed by atoms with E-state index in [1.54, 1.807) is 6.08 Å². The third kappa shape index (κ3) is 5.60. The van der Waals surface area contributed by atoms with Gasteiger partial charge in [0.25, 0.3) is 0 Å². The standard InChI is InChI=1S/C23H29NO/c1-6-18-7-12-20(13-8-18)17(2)24-22(25)16-11-19-9-14-21(15-10-19)23(3,4)5/h7-17H,6H2,1-5H3,(H,24,25)/b16-11+/t17-/m0/s1. The van der Waals surface area contributed by atoms with Crippen molar-refractivity contribution in [3.63, 3.8) is 0 Å². The first-order valence-electron chi connectivity index (χ1n) is 8.97. The van der Waals surface area contributed by atoms with Gasteiger partial charge in [-0.3, -0.25) is 4.79 Å². The van der Waals surface area contributed by atoms with Gasteiger partial charge in [-0.25, -0.2) is 0 Å². The highest BCUT2D eigenvalue weighted by Crippen LogP contribution is 2.22. The lowest BCUT2D eigenvalue weighted by molar-refractivity contribution is -0.117. The topological polar surface area (TPSA) is 29.1 Å². The Kier molecular flexibility index (Phi) is 6.19. The molecule has 132 valence electrons. The molecule has 2 nitrogen and oxygen atoms in total. The van der Waals surface area contributed by atoms with Crippen molar-refractivity contribution in [1.82, 2.24) is 5.32 Å². The van der Waals surface area contributed by atoms with Crippen LogP contribution < -0.4 is 5.32 Å². The first-order valence-corrected chi connectivity index (χ1v) is 8.97. The molecule has 0 unspecified atom stereocenters. The maximum Gasteiger partial charge on any atom is 0.244 e. The smallest absolute Gasteiger partial charge is 0.244 e. The molecule has 1 N–H and O–H groups in total. The van der Waals surface area contributed by atoms with Crippen LogP contribution in [0.4, 0.5) is 0 Å².